The van der Waals surface area contributed by atoms with Crippen molar-refractivity contribution in [3.05, 3.63) is 86.6 Å². The summed E-state index contributed by atoms with van der Waals surface area (Å²) in [5.74, 6) is 0.984. The smallest absolute Gasteiger partial charge is 0.242 e. The van der Waals surface area contributed by atoms with Gasteiger partial charge in [0.1, 0.15) is 12.4 Å². The number of ether oxygens (including phenoxy) is 1. The zero-order chi connectivity index (χ0) is 26.4. The topological polar surface area (TPSA) is 49.9 Å². The van der Waals surface area contributed by atoms with Crippen molar-refractivity contribution in [2.24, 2.45) is 5.92 Å². The lowest BCUT2D eigenvalue weighted by Crippen LogP contribution is -2.48. The molecule has 3 aromatic rings. The van der Waals surface area contributed by atoms with Gasteiger partial charge >= 0.3 is 0 Å². The van der Waals surface area contributed by atoms with Gasteiger partial charge in [-0.3, -0.25) is 9.59 Å². The zero-order valence-electron chi connectivity index (χ0n) is 21.8. The quantitative estimate of drug-likeness (QED) is 0.303. The Bertz CT molecular complexity index is 1210. The molecule has 0 saturated heterocycles. The number of benzene rings is 2. The Labute approximate surface area is 229 Å². The molecule has 0 saturated carbocycles. The van der Waals surface area contributed by atoms with E-state index in [1.165, 1.54) is 4.88 Å². The van der Waals surface area contributed by atoms with E-state index in [4.69, 9.17) is 16.3 Å². The minimum atomic E-state index is -0.201. The van der Waals surface area contributed by atoms with Crippen LogP contribution in [0.3, 0.4) is 0 Å². The van der Waals surface area contributed by atoms with E-state index >= 15 is 0 Å². The normalized spacial score (nSPS) is 15.7. The number of hydrogen-bond acceptors (Lipinski definition) is 4. The molecule has 2 amide bonds. The first-order chi connectivity index (χ1) is 17.9. The lowest BCUT2D eigenvalue weighted by molar-refractivity contribution is -0.143. The summed E-state index contributed by atoms with van der Waals surface area (Å²) in [5.41, 5.74) is 3.04. The summed E-state index contributed by atoms with van der Waals surface area (Å²) in [5, 5.41) is 2.78. The van der Waals surface area contributed by atoms with Crippen molar-refractivity contribution < 1.29 is 14.3 Å². The number of carbonyl (C=O) groups excluding carboxylic acids is 2. The van der Waals surface area contributed by atoms with Crippen LogP contribution in [0.25, 0.3) is 0 Å². The van der Waals surface area contributed by atoms with Crippen molar-refractivity contribution in [3.8, 4) is 5.75 Å². The highest BCUT2D eigenvalue weighted by molar-refractivity contribution is 7.10. The van der Waals surface area contributed by atoms with E-state index < -0.39 is 0 Å². The number of hydrogen-bond donors (Lipinski definition) is 0. The molecule has 4 rings (SSSR count). The first kappa shape index (κ1) is 27.2. The van der Waals surface area contributed by atoms with E-state index in [2.05, 4.69) is 25.3 Å². The average Bonchev–Trinajstić information content (AvgIpc) is 3.38. The molecule has 0 N–H and O–H groups in total. The molecule has 1 aromatic heterocycles. The van der Waals surface area contributed by atoms with E-state index in [-0.39, 0.29) is 24.4 Å². The van der Waals surface area contributed by atoms with Crippen molar-refractivity contribution >= 4 is 34.8 Å². The van der Waals surface area contributed by atoms with Gasteiger partial charge in [0.25, 0.3) is 0 Å². The van der Waals surface area contributed by atoms with Gasteiger partial charge in [-0.2, -0.15) is 0 Å². The monoisotopic (exact) mass is 538 g/mol. The highest BCUT2D eigenvalue weighted by atomic mass is 35.5. The summed E-state index contributed by atoms with van der Waals surface area (Å²) < 4.78 is 6.17. The molecule has 2 heterocycles. The standard InChI is InChI=1S/C30H35ClN2O3S/c1-4-21(2)18-32(29(34)17-23-8-6-5-7-9-23)19-30(35)33-14-12-28-25(13-15-37-28)27(33)20-36-24-10-11-26(31)22(3)16-24/h5-11,13,15-16,21,27H,4,12,14,17-20H2,1-3H3/t21-,27+/m0/s1. The van der Waals surface area contributed by atoms with Crippen LogP contribution in [0, 0.1) is 12.8 Å². The Kier molecular flexibility index (Phi) is 9.28. The van der Waals surface area contributed by atoms with Gasteiger partial charge < -0.3 is 14.5 Å². The average molecular weight is 539 g/mol. The summed E-state index contributed by atoms with van der Waals surface area (Å²) in [6.45, 7) is 7.78. The van der Waals surface area contributed by atoms with Gasteiger partial charge in [-0.15, -0.1) is 11.3 Å². The highest BCUT2D eigenvalue weighted by Gasteiger charge is 2.33. The molecular weight excluding hydrogens is 504 g/mol. The molecule has 0 radical (unpaired) electrons. The molecule has 37 heavy (non-hydrogen) atoms. The third-order valence-electron chi connectivity index (χ3n) is 7.06. The number of amides is 2. The number of carbonyl (C=O) groups is 2. The van der Waals surface area contributed by atoms with Crippen LogP contribution in [-0.2, 0) is 22.4 Å². The minimum absolute atomic E-state index is 0.0162. The van der Waals surface area contributed by atoms with E-state index in [9.17, 15) is 9.59 Å². The van der Waals surface area contributed by atoms with Crippen LogP contribution in [0.2, 0.25) is 5.02 Å². The summed E-state index contributed by atoms with van der Waals surface area (Å²) in [6, 6.07) is 17.2. The third kappa shape index (κ3) is 6.93. The molecular formula is C30H35ClN2O3S. The molecule has 7 heteroatoms. The first-order valence-electron chi connectivity index (χ1n) is 12.9. The van der Waals surface area contributed by atoms with Crippen LogP contribution in [-0.4, -0.2) is 47.9 Å². The Balaban J connectivity index is 1.51. The van der Waals surface area contributed by atoms with Gasteiger partial charge in [0.05, 0.1) is 19.0 Å². The van der Waals surface area contributed by atoms with Crippen LogP contribution >= 0.6 is 22.9 Å². The molecule has 1 aliphatic rings. The maximum Gasteiger partial charge on any atom is 0.242 e. The summed E-state index contributed by atoms with van der Waals surface area (Å²) in [6.07, 6.45) is 2.06. The molecule has 2 atom stereocenters. The van der Waals surface area contributed by atoms with Gasteiger partial charge in [0.15, 0.2) is 0 Å². The zero-order valence-corrected chi connectivity index (χ0v) is 23.4. The van der Waals surface area contributed by atoms with Gasteiger partial charge in [-0.25, -0.2) is 0 Å². The highest BCUT2D eigenvalue weighted by Crippen LogP contribution is 2.34. The molecule has 0 bridgehead atoms. The number of thiophene rings is 1. The number of rotatable bonds is 10. The second-order valence-corrected chi connectivity index (χ2v) is 11.2. The van der Waals surface area contributed by atoms with Crippen LogP contribution in [0.15, 0.2) is 60.0 Å². The van der Waals surface area contributed by atoms with E-state index in [0.717, 1.165) is 35.3 Å². The number of halogens is 1. The Hall–Kier alpha value is -2.83. The van der Waals surface area contributed by atoms with Crippen LogP contribution in [0.5, 0.6) is 5.75 Å². The van der Waals surface area contributed by atoms with Crippen LogP contribution in [0.1, 0.15) is 47.9 Å². The van der Waals surface area contributed by atoms with Crippen molar-refractivity contribution in [2.75, 3.05) is 26.2 Å². The fourth-order valence-corrected chi connectivity index (χ4v) is 5.70. The second-order valence-electron chi connectivity index (χ2n) is 9.82. The number of fused-ring (bicyclic) bond motifs is 1. The predicted molar refractivity (Wildman–Crippen MR) is 150 cm³/mol. The molecule has 0 aliphatic carbocycles. The molecule has 1 aliphatic heterocycles. The van der Waals surface area contributed by atoms with Crippen LogP contribution in [0.4, 0.5) is 0 Å². The predicted octanol–water partition coefficient (Wildman–Crippen LogP) is 6.33. The van der Waals surface area contributed by atoms with Crippen LogP contribution < -0.4 is 4.74 Å². The Morgan fingerprint density at radius 3 is 2.70 bits per heavy atom. The lowest BCUT2D eigenvalue weighted by Gasteiger charge is -2.37. The molecule has 0 spiro atoms. The van der Waals surface area contributed by atoms with Crippen molar-refractivity contribution in [3.63, 3.8) is 0 Å². The fourth-order valence-electron chi connectivity index (χ4n) is 4.65. The van der Waals surface area contributed by atoms with Crippen molar-refractivity contribution in [1.29, 1.82) is 0 Å². The Morgan fingerprint density at radius 2 is 1.97 bits per heavy atom. The SMILES string of the molecule is CC[C@H](C)CN(CC(=O)N1CCc2sccc2[C@H]1COc1ccc(Cl)c(C)c1)C(=O)Cc1ccccc1. The summed E-state index contributed by atoms with van der Waals surface area (Å²) >= 11 is 7.90. The van der Waals surface area contributed by atoms with Gasteiger partial charge in [0.2, 0.25) is 11.8 Å². The molecule has 0 fully saturated rings. The van der Waals surface area contributed by atoms with Crippen molar-refractivity contribution in [1.82, 2.24) is 9.80 Å². The Morgan fingerprint density at radius 1 is 1.19 bits per heavy atom. The van der Waals surface area contributed by atoms with E-state index in [1.54, 1.807) is 16.2 Å². The van der Waals surface area contributed by atoms with Gasteiger partial charge in [-0.1, -0.05) is 62.2 Å². The van der Waals surface area contributed by atoms with Crippen molar-refractivity contribution in [2.45, 2.75) is 46.1 Å². The number of aryl methyl sites for hydroxylation is 1. The summed E-state index contributed by atoms with van der Waals surface area (Å²) in [4.78, 5) is 32.0. The van der Waals surface area contributed by atoms with E-state index in [0.29, 0.717) is 37.1 Å². The largest absolute Gasteiger partial charge is 0.491 e. The fraction of sp³-hybridized carbons (Fsp3) is 0.400. The summed E-state index contributed by atoms with van der Waals surface area (Å²) in [7, 11) is 0. The first-order valence-corrected chi connectivity index (χ1v) is 14.2. The maximum atomic E-state index is 13.7. The van der Waals surface area contributed by atoms with Gasteiger partial charge in [0, 0.05) is 23.0 Å². The molecule has 196 valence electrons. The maximum absolute atomic E-state index is 13.7. The molecule has 2 aromatic carbocycles. The third-order valence-corrected chi connectivity index (χ3v) is 8.48. The van der Waals surface area contributed by atoms with E-state index in [1.807, 2.05) is 60.4 Å². The lowest BCUT2D eigenvalue weighted by atomic mass is 10.00. The second kappa shape index (κ2) is 12.6. The van der Waals surface area contributed by atoms with Gasteiger partial charge in [-0.05, 0) is 65.6 Å². The number of nitrogens with zero attached hydrogens (tertiary/aromatic N) is 2. The minimum Gasteiger partial charge on any atom is -0.491 e. The molecule has 5 nitrogen and oxygen atoms in total. The molecule has 0 unspecified atom stereocenters.